The van der Waals surface area contributed by atoms with Crippen molar-refractivity contribution < 1.29 is 0 Å². The molecule has 3 atom stereocenters. The molecule has 0 aliphatic heterocycles. The summed E-state index contributed by atoms with van der Waals surface area (Å²) in [6.07, 6.45) is 5.41. The van der Waals surface area contributed by atoms with E-state index in [1.54, 1.807) is 0 Å². The Morgan fingerprint density at radius 3 is 2.47 bits per heavy atom. The van der Waals surface area contributed by atoms with Gasteiger partial charge < -0.3 is 0 Å². The summed E-state index contributed by atoms with van der Waals surface area (Å²) in [6, 6.07) is 0.547. The second-order valence-corrected chi connectivity index (χ2v) is 6.99. The Morgan fingerprint density at radius 1 is 1.18 bits per heavy atom. The van der Waals surface area contributed by atoms with Gasteiger partial charge in [0.05, 0.1) is 0 Å². The van der Waals surface area contributed by atoms with Crippen LogP contribution in [0.3, 0.4) is 0 Å². The Morgan fingerprint density at radius 2 is 1.94 bits per heavy atom. The monoisotopic (exact) mass is 253 g/mol. The van der Waals surface area contributed by atoms with Crippen molar-refractivity contribution in [2.45, 2.75) is 57.9 Å². The molecule has 2 aliphatic carbocycles. The fourth-order valence-corrected chi connectivity index (χ4v) is 3.85. The summed E-state index contributed by atoms with van der Waals surface area (Å²) in [6.45, 7) is 6.53. The second kappa shape index (κ2) is 3.71. The van der Waals surface area contributed by atoms with Crippen molar-refractivity contribution in [3.05, 3.63) is 11.1 Å². The molecule has 0 N–H and O–H groups in total. The maximum atomic E-state index is 6.26. The molecule has 0 spiro atoms. The van der Waals surface area contributed by atoms with Gasteiger partial charge in [-0.05, 0) is 42.7 Å². The zero-order chi connectivity index (χ0) is 12.2. The van der Waals surface area contributed by atoms with Gasteiger partial charge in [0.15, 0.2) is 0 Å². The number of halogens is 1. The normalized spacial score (nSPS) is 32.4. The van der Waals surface area contributed by atoms with Crippen molar-refractivity contribution in [3.63, 3.8) is 0 Å². The number of rotatable bonds is 1. The van der Waals surface area contributed by atoms with E-state index in [1.165, 1.54) is 25.7 Å². The maximum absolute atomic E-state index is 6.26. The molecule has 2 fully saturated rings. The lowest BCUT2D eigenvalue weighted by Crippen LogP contribution is -2.25. The van der Waals surface area contributed by atoms with Crippen molar-refractivity contribution in [2.75, 3.05) is 0 Å². The summed E-state index contributed by atoms with van der Waals surface area (Å²) in [5.41, 5.74) is 0.0158. The largest absolute Gasteiger partial charge is 0.298 e. The molecule has 0 amide bonds. The Hall–Kier alpha value is -0.570. The summed E-state index contributed by atoms with van der Waals surface area (Å²) in [7, 11) is 0. The van der Waals surface area contributed by atoms with Crippen LogP contribution in [0.1, 0.15) is 58.3 Å². The van der Waals surface area contributed by atoms with Crippen molar-refractivity contribution >= 4 is 11.6 Å². The first-order chi connectivity index (χ1) is 7.97. The zero-order valence-corrected chi connectivity index (χ0v) is 11.5. The van der Waals surface area contributed by atoms with Gasteiger partial charge in [-0.1, -0.05) is 27.2 Å². The van der Waals surface area contributed by atoms with Crippen LogP contribution in [-0.2, 0) is 5.41 Å². The van der Waals surface area contributed by atoms with E-state index in [4.69, 9.17) is 11.6 Å². The Kier molecular flexibility index (Phi) is 2.51. The molecule has 2 saturated carbocycles. The quantitative estimate of drug-likeness (QED) is 0.766. The summed E-state index contributed by atoms with van der Waals surface area (Å²) in [5, 5.41) is 8.96. The van der Waals surface area contributed by atoms with E-state index in [-0.39, 0.29) is 5.41 Å². The van der Waals surface area contributed by atoms with Gasteiger partial charge in [0.25, 0.3) is 0 Å². The number of aromatic nitrogens is 3. The van der Waals surface area contributed by atoms with Gasteiger partial charge in [-0.25, -0.2) is 0 Å². The number of fused-ring (bicyclic) bond motifs is 2. The molecule has 3 rings (SSSR count). The summed E-state index contributed by atoms with van der Waals surface area (Å²) >= 11 is 6.26. The molecule has 2 bridgehead atoms. The molecule has 17 heavy (non-hydrogen) atoms. The second-order valence-electron chi connectivity index (χ2n) is 6.65. The standard InChI is InChI=1S/C13H20ClN3/c1-13(2,3)11-15-16-12(14)17(11)10-7-8-4-5-9(10)6-8/h8-10H,4-7H2,1-3H3. The smallest absolute Gasteiger partial charge is 0.225 e. The van der Waals surface area contributed by atoms with Crippen molar-refractivity contribution in [1.29, 1.82) is 0 Å². The van der Waals surface area contributed by atoms with E-state index in [9.17, 15) is 0 Å². The minimum absolute atomic E-state index is 0.0158. The Bertz CT molecular complexity index is 432. The van der Waals surface area contributed by atoms with E-state index in [0.717, 1.165) is 17.7 Å². The zero-order valence-electron chi connectivity index (χ0n) is 10.8. The van der Waals surface area contributed by atoms with E-state index >= 15 is 0 Å². The molecule has 4 heteroatoms. The molecule has 0 radical (unpaired) electrons. The van der Waals surface area contributed by atoms with Crippen molar-refractivity contribution in [3.8, 4) is 0 Å². The number of hydrogen-bond donors (Lipinski definition) is 0. The topological polar surface area (TPSA) is 30.7 Å². The molecule has 3 unspecified atom stereocenters. The molecule has 1 aromatic rings. The Balaban J connectivity index is 2.00. The van der Waals surface area contributed by atoms with E-state index in [1.807, 2.05) is 0 Å². The molecule has 0 aromatic carbocycles. The molecule has 2 aliphatic rings. The van der Waals surface area contributed by atoms with Crippen molar-refractivity contribution in [2.24, 2.45) is 11.8 Å². The molecule has 94 valence electrons. The Labute approximate surface area is 108 Å². The van der Waals surface area contributed by atoms with Gasteiger partial charge in [-0.15, -0.1) is 10.2 Å². The van der Waals surface area contributed by atoms with Gasteiger partial charge >= 0.3 is 0 Å². The van der Waals surface area contributed by atoms with Gasteiger partial charge in [0.2, 0.25) is 5.28 Å². The first kappa shape index (κ1) is 11.5. The fourth-order valence-electron chi connectivity index (χ4n) is 3.61. The summed E-state index contributed by atoms with van der Waals surface area (Å²) < 4.78 is 2.21. The van der Waals surface area contributed by atoms with E-state index < -0.39 is 0 Å². The van der Waals surface area contributed by atoms with Crippen LogP contribution in [0.5, 0.6) is 0 Å². The van der Waals surface area contributed by atoms with E-state index in [2.05, 4.69) is 35.5 Å². The lowest BCUT2D eigenvalue weighted by molar-refractivity contribution is 0.310. The van der Waals surface area contributed by atoms with Crippen LogP contribution >= 0.6 is 11.6 Å². The van der Waals surface area contributed by atoms with Crippen LogP contribution in [0.15, 0.2) is 0 Å². The third-order valence-corrected chi connectivity index (χ3v) is 4.62. The van der Waals surface area contributed by atoms with Crippen molar-refractivity contribution in [1.82, 2.24) is 14.8 Å². The van der Waals surface area contributed by atoms with Crippen LogP contribution in [0.2, 0.25) is 5.28 Å². The van der Waals surface area contributed by atoms with Gasteiger partial charge in [-0.3, -0.25) is 4.57 Å². The van der Waals surface area contributed by atoms with Crippen LogP contribution in [0.25, 0.3) is 0 Å². The lowest BCUT2D eigenvalue weighted by Gasteiger charge is -2.28. The predicted molar refractivity (Wildman–Crippen MR) is 68.2 cm³/mol. The van der Waals surface area contributed by atoms with Gasteiger partial charge in [-0.2, -0.15) is 0 Å². The minimum Gasteiger partial charge on any atom is -0.298 e. The number of nitrogens with zero attached hydrogens (tertiary/aromatic N) is 3. The third-order valence-electron chi connectivity index (χ3n) is 4.36. The maximum Gasteiger partial charge on any atom is 0.225 e. The lowest BCUT2D eigenvalue weighted by atomic mass is 9.92. The highest BCUT2D eigenvalue weighted by molar-refractivity contribution is 6.28. The molecule has 1 aromatic heterocycles. The van der Waals surface area contributed by atoms with Gasteiger partial charge in [0.1, 0.15) is 5.82 Å². The van der Waals surface area contributed by atoms with E-state index in [0.29, 0.717) is 11.3 Å². The van der Waals surface area contributed by atoms with Crippen LogP contribution in [0.4, 0.5) is 0 Å². The highest BCUT2D eigenvalue weighted by Crippen LogP contribution is 2.52. The average molecular weight is 254 g/mol. The van der Waals surface area contributed by atoms with Crippen LogP contribution < -0.4 is 0 Å². The predicted octanol–water partition coefficient (Wildman–Crippen LogP) is 3.59. The number of hydrogen-bond acceptors (Lipinski definition) is 2. The van der Waals surface area contributed by atoms with Gasteiger partial charge in [0, 0.05) is 11.5 Å². The summed E-state index contributed by atoms with van der Waals surface area (Å²) in [4.78, 5) is 0. The first-order valence-corrected chi connectivity index (χ1v) is 6.95. The summed E-state index contributed by atoms with van der Waals surface area (Å²) in [5.74, 6) is 2.76. The fraction of sp³-hybridized carbons (Fsp3) is 0.846. The van der Waals surface area contributed by atoms with Crippen LogP contribution in [-0.4, -0.2) is 14.8 Å². The SMILES string of the molecule is CC(C)(C)c1nnc(Cl)n1C1CC2CCC1C2. The first-order valence-electron chi connectivity index (χ1n) is 6.57. The molecule has 3 nitrogen and oxygen atoms in total. The molecular formula is C13H20ClN3. The highest BCUT2D eigenvalue weighted by atomic mass is 35.5. The third kappa shape index (κ3) is 1.79. The minimum atomic E-state index is 0.0158. The average Bonchev–Trinajstić information content (AvgIpc) is 2.88. The highest BCUT2D eigenvalue weighted by Gasteiger charge is 2.43. The van der Waals surface area contributed by atoms with Crippen LogP contribution in [0, 0.1) is 11.8 Å². The molecule has 0 saturated heterocycles. The molecular weight excluding hydrogens is 234 g/mol. The molecule has 1 heterocycles.